The number of nitrogens with one attached hydrogen (secondary N) is 1. The Morgan fingerprint density at radius 3 is 2.52 bits per heavy atom. The number of methoxy groups -OCH3 is 1. The maximum Gasteiger partial charge on any atom is 0.328 e. The summed E-state index contributed by atoms with van der Waals surface area (Å²) >= 11 is 1.57. The number of rotatable bonds is 8. The average molecular weight is 391 g/mol. The monoisotopic (exact) mass is 391 g/mol. The summed E-state index contributed by atoms with van der Waals surface area (Å²) in [6.07, 6.45) is 2.37. The van der Waals surface area contributed by atoms with Gasteiger partial charge >= 0.3 is 5.97 Å². The van der Waals surface area contributed by atoms with Gasteiger partial charge in [0.2, 0.25) is 0 Å². The van der Waals surface area contributed by atoms with Gasteiger partial charge in [-0.1, -0.05) is 32.0 Å². The topological polar surface area (TPSA) is 90.3 Å². The van der Waals surface area contributed by atoms with Gasteiger partial charge in [0.1, 0.15) is 6.04 Å². The first-order chi connectivity index (χ1) is 12.9. The number of thioether (sulfide) groups is 1. The van der Waals surface area contributed by atoms with Crippen molar-refractivity contribution in [2.75, 3.05) is 19.1 Å². The summed E-state index contributed by atoms with van der Waals surface area (Å²) in [5, 5.41) is 7.89. The summed E-state index contributed by atoms with van der Waals surface area (Å²) in [7, 11) is 1.29. The normalized spacial score (nSPS) is 12.2. The van der Waals surface area contributed by atoms with Crippen LogP contribution in [0, 0.1) is 5.92 Å². The molecule has 1 N–H and O–H groups in total. The minimum absolute atomic E-state index is 0.129. The number of carbonyl (C=O) groups is 2. The van der Waals surface area contributed by atoms with Crippen LogP contribution in [0.3, 0.4) is 0 Å². The van der Waals surface area contributed by atoms with Crippen LogP contribution in [0.4, 0.5) is 0 Å². The molecule has 8 heteroatoms. The molecule has 1 atom stereocenters. The third-order valence-electron chi connectivity index (χ3n) is 4.02. The fourth-order valence-corrected chi connectivity index (χ4v) is 3.20. The molecule has 0 bridgehead atoms. The first-order valence-corrected chi connectivity index (χ1v) is 10.2. The molecule has 0 fully saturated rings. The van der Waals surface area contributed by atoms with Gasteiger partial charge in [0.15, 0.2) is 5.69 Å². The second kappa shape index (κ2) is 9.55. The van der Waals surface area contributed by atoms with Crippen LogP contribution in [0.25, 0.3) is 10.8 Å². The van der Waals surface area contributed by atoms with Gasteiger partial charge in [-0.2, -0.15) is 16.9 Å². The van der Waals surface area contributed by atoms with Crippen LogP contribution in [0.15, 0.2) is 29.1 Å². The molecule has 146 valence electrons. The zero-order chi connectivity index (χ0) is 20.0. The molecule has 1 amide bonds. The van der Waals surface area contributed by atoms with Crippen LogP contribution in [0.5, 0.6) is 0 Å². The summed E-state index contributed by atoms with van der Waals surface area (Å²) in [5.74, 6) is -0.116. The molecule has 0 aliphatic heterocycles. The molecule has 0 unspecified atom stereocenters. The molecular weight excluding hydrogens is 366 g/mol. The molecule has 2 rings (SSSR count). The van der Waals surface area contributed by atoms with E-state index in [0.29, 0.717) is 29.5 Å². The highest BCUT2D eigenvalue weighted by Gasteiger charge is 2.24. The number of benzene rings is 1. The summed E-state index contributed by atoms with van der Waals surface area (Å²) in [6.45, 7) is 4.34. The Bertz CT molecular complexity index is 879. The lowest BCUT2D eigenvalue weighted by atomic mass is 10.1. The van der Waals surface area contributed by atoms with Gasteiger partial charge in [-0.15, -0.1) is 0 Å². The molecule has 2 aromatic rings. The molecule has 7 nitrogen and oxygen atoms in total. The zero-order valence-electron chi connectivity index (χ0n) is 16.0. The number of hydrogen-bond donors (Lipinski definition) is 1. The van der Waals surface area contributed by atoms with Crippen molar-refractivity contribution in [3.8, 4) is 0 Å². The molecule has 0 saturated heterocycles. The van der Waals surface area contributed by atoms with Crippen molar-refractivity contribution in [2.24, 2.45) is 5.92 Å². The second-order valence-corrected chi connectivity index (χ2v) is 7.59. The number of nitrogens with zero attached hydrogens (tertiary/aromatic N) is 2. The molecular formula is C19H25N3O4S. The first kappa shape index (κ1) is 21.0. The summed E-state index contributed by atoms with van der Waals surface area (Å²) in [5.41, 5.74) is -0.105. The van der Waals surface area contributed by atoms with Crippen LogP contribution in [-0.2, 0) is 16.1 Å². The highest BCUT2D eigenvalue weighted by molar-refractivity contribution is 7.98. The summed E-state index contributed by atoms with van der Waals surface area (Å²) in [6, 6.07) is 6.10. The van der Waals surface area contributed by atoms with Crippen LogP contribution in [-0.4, -0.2) is 46.8 Å². The molecule has 1 aromatic heterocycles. The molecule has 0 spiro atoms. The Balaban J connectivity index is 2.46. The Morgan fingerprint density at radius 1 is 1.26 bits per heavy atom. The fraction of sp³-hybridized carbons (Fsp3) is 0.474. The Labute approximate surface area is 162 Å². The van der Waals surface area contributed by atoms with E-state index in [9.17, 15) is 14.4 Å². The van der Waals surface area contributed by atoms with Crippen molar-refractivity contribution in [3.63, 3.8) is 0 Å². The van der Waals surface area contributed by atoms with Crippen LogP contribution >= 0.6 is 11.8 Å². The van der Waals surface area contributed by atoms with Crippen molar-refractivity contribution in [2.45, 2.75) is 32.9 Å². The molecule has 1 heterocycles. The van der Waals surface area contributed by atoms with Crippen molar-refractivity contribution in [1.82, 2.24) is 15.1 Å². The van der Waals surface area contributed by atoms with Crippen molar-refractivity contribution in [1.29, 1.82) is 0 Å². The number of aromatic nitrogens is 2. The number of carbonyl (C=O) groups excluding carboxylic acids is 2. The van der Waals surface area contributed by atoms with E-state index in [1.165, 1.54) is 11.8 Å². The number of ether oxygens (including phenoxy) is 1. The largest absolute Gasteiger partial charge is 0.467 e. The molecule has 1 aromatic carbocycles. The Morgan fingerprint density at radius 2 is 1.93 bits per heavy atom. The maximum atomic E-state index is 12.9. The van der Waals surface area contributed by atoms with Gasteiger partial charge in [-0.3, -0.25) is 9.59 Å². The standard InChI is InChI=1S/C19H25N3O4S/c1-12(2)11-22-18(24)14-8-6-5-7-13(14)16(21-22)17(23)20-15(9-10-27-4)19(25)26-3/h5-8,12,15H,9-11H2,1-4H3,(H,20,23)/t15-/m1/s1. The van der Waals surface area contributed by atoms with Crippen LogP contribution < -0.4 is 10.9 Å². The van der Waals surface area contributed by atoms with E-state index in [2.05, 4.69) is 10.4 Å². The van der Waals surface area contributed by atoms with Gasteiger partial charge in [0.05, 0.1) is 12.5 Å². The van der Waals surface area contributed by atoms with Gasteiger partial charge in [0.25, 0.3) is 11.5 Å². The lowest BCUT2D eigenvalue weighted by Gasteiger charge is -2.17. The molecule has 0 saturated carbocycles. The van der Waals surface area contributed by atoms with E-state index in [-0.39, 0.29) is 17.2 Å². The summed E-state index contributed by atoms with van der Waals surface area (Å²) < 4.78 is 6.11. The molecule has 0 radical (unpaired) electrons. The smallest absolute Gasteiger partial charge is 0.328 e. The Hall–Kier alpha value is -2.35. The number of amides is 1. The zero-order valence-corrected chi connectivity index (χ0v) is 16.8. The van der Waals surface area contributed by atoms with Crippen LogP contribution in [0.2, 0.25) is 0 Å². The van der Waals surface area contributed by atoms with E-state index in [4.69, 9.17) is 4.74 Å². The number of esters is 1. The van der Waals surface area contributed by atoms with Crippen LogP contribution in [0.1, 0.15) is 30.8 Å². The SMILES string of the molecule is COC(=O)[C@@H](CCSC)NC(=O)c1nn(CC(C)C)c(=O)c2ccccc12. The quantitative estimate of drug-likeness (QED) is 0.693. The van der Waals surface area contributed by atoms with Crippen molar-refractivity contribution < 1.29 is 14.3 Å². The van der Waals surface area contributed by atoms with Gasteiger partial charge in [0, 0.05) is 11.9 Å². The van der Waals surface area contributed by atoms with Gasteiger partial charge < -0.3 is 10.1 Å². The van der Waals surface area contributed by atoms with E-state index in [1.807, 2.05) is 20.1 Å². The average Bonchev–Trinajstić information content (AvgIpc) is 2.66. The first-order valence-electron chi connectivity index (χ1n) is 8.76. The van der Waals surface area contributed by atoms with Crippen molar-refractivity contribution >= 4 is 34.4 Å². The lowest BCUT2D eigenvalue weighted by Crippen LogP contribution is -2.43. The highest BCUT2D eigenvalue weighted by Crippen LogP contribution is 2.14. The third-order valence-corrected chi connectivity index (χ3v) is 4.67. The predicted molar refractivity (Wildman–Crippen MR) is 107 cm³/mol. The van der Waals surface area contributed by atoms with E-state index < -0.39 is 17.9 Å². The lowest BCUT2D eigenvalue weighted by molar-refractivity contribution is -0.142. The Kier molecular flexibility index (Phi) is 7.41. The number of hydrogen-bond acceptors (Lipinski definition) is 6. The third kappa shape index (κ3) is 5.09. The van der Waals surface area contributed by atoms with Gasteiger partial charge in [-0.05, 0) is 30.4 Å². The molecule has 0 aliphatic carbocycles. The van der Waals surface area contributed by atoms with Crippen molar-refractivity contribution in [3.05, 3.63) is 40.3 Å². The minimum atomic E-state index is -0.763. The second-order valence-electron chi connectivity index (χ2n) is 6.61. The summed E-state index contributed by atoms with van der Waals surface area (Å²) in [4.78, 5) is 37.5. The molecule has 0 aliphatic rings. The minimum Gasteiger partial charge on any atom is -0.467 e. The fourth-order valence-electron chi connectivity index (χ4n) is 2.73. The van der Waals surface area contributed by atoms with Gasteiger partial charge in [-0.25, -0.2) is 9.48 Å². The highest BCUT2D eigenvalue weighted by atomic mass is 32.2. The molecule has 27 heavy (non-hydrogen) atoms. The van der Waals surface area contributed by atoms with E-state index in [1.54, 1.807) is 36.0 Å². The maximum absolute atomic E-state index is 12.9. The van der Waals surface area contributed by atoms with E-state index >= 15 is 0 Å². The number of fused-ring (bicyclic) bond motifs is 1. The predicted octanol–water partition coefficient (Wildman–Crippen LogP) is 2.08. The van der Waals surface area contributed by atoms with E-state index in [0.717, 1.165) is 0 Å².